The van der Waals surface area contributed by atoms with Gasteiger partial charge in [-0.15, -0.1) is 60.9 Å². The van der Waals surface area contributed by atoms with Crippen LogP contribution in [0, 0.1) is 20.4 Å². The third kappa shape index (κ3) is 39.4. The summed E-state index contributed by atoms with van der Waals surface area (Å²) in [5.74, 6) is 0. The van der Waals surface area contributed by atoms with Gasteiger partial charge in [-0.05, 0) is 19.6 Å². The van der Waals surface area contributed by atoms with Crippen molar-refractivity contribution in [2.75, 3.05) is 0 Å². The predicted molar refractivity (Wildman–Crippen MR) is 142 cm³/mol. The monoisotopic (exact) mass is 562 g/mol. The van der Waals surface area contributed by atoms with Crippen molar-refractivity contribution < 1.29 is 28.1 Å². The van der Waals surface area contributed by atoms with E-state index in [2.05, 4.69) is 81.5 Å². The zero-order chi connectivity index (χ0) is 20.8. The minimum absolute atomic E-state index is 0. The van der Waals surface area contributed by atoms with Gasteiger partial charge in [-0.3, -0.25) is 6.08 Å². The van der Waals surface area contributed by atoms with Crippen LogP contribution >= 0.6 is 24.8 Å². The summed E-state index contributed by atoms with van der Waals surface area (Å²) in [7, 11) is -0.528. The summed E-state index contributed by atoms with van der Waals surface area (Å²) in [6, 6.07) is 14.7. The number of hydrogen-bond donors (Lipinski definition) is 1. The minimum atomic E-state index is -1.61. The van der Waals surface area contributed by atoms with Crippen molar-refractivity contribution in [3.05, 3.63) is 81.1 Å². The Labute approximate surface area is 214 Å². The van der Waals surface area contributed by atoms with Gasteiger partial charge in [0, 0.05) is 9.52 Å². The first-order valence-electron chi connectivity index (χ1n) is 8.47. The zero-order valence-corrected chi connectivity index (χ0v) is 26.0. The largest absolute Gasteiger partial charge is 0.168 e. The summed E-state index contributed by atoms with van der Waals surface area (Å²) in [6.45, 7) is 18.0. The third-order valence-corrected chi connectivity index (χ3v) is 2.13. The molecule has 0 bridgehead atoms. The van der Waals surface area contributed by atoms with Crippen LogP contribution < -0.4 is 0 Å². The predicted octanol–water partition coefficient (Wildman–Crippen LogP) is 7.22. The molecule has 0 fully saturated rings. The molecule has 0 aliphatic heterocycles. The van der Waals surface area contributed by atoms with E-state index in [1.54, 1.807) is 6.92 Å². The van der Waals surface area contributed by atoms with E-state index >= 15 is 0 Å². The molecule has 0 saturated carbocycles. The maximum Gasteiger partial charge on any atom is -0.0809 e. The third-order valence-electron chi connectivity index (χ3n) is 2.13. The average molecular weight is 565 g/mol. The summed E-state index contributed by atoms with van der Waals surface area (Å²) in [5.41, 5.74) is 0. The van der Waals surface area contributed by atoms with E-state index in [4.69, 9.17) is 4.80 Å². The summed E-state index contributed by atoms with van der Waals surface area (Å²) >= 11 is 1.36. The van der Waals surface area contributed by atoms with Gasteiger partial charge in [0.1, 0.15) is 0 Å². The summed E-state index contributed by atoms with van der Waals surface area (Å²) in [6.07, 6.45) is 10.0. The van der Waals surface area contributed by atoms with Gasteiger partial charge >= 0.3 is 30.2 Å². The Morgan fingerprint density at radius 3 is 1.86 bits per heavy atom. The van der Waals surface area contributed by atoms with Crippen molar-refractivity contribution in [1.82, 2.24) is 0 Å². The van der Waals surface area contributed by atoms with Crippen molar-refractivity contribution in [2.45, 2.75) is 46.1 Å². The maximum atomic E-state index is 8.66. The fraction of sp³-hybridized carbons (Fsp3) is 0.318. The second-order valence-corrected chi connectivity index (χ2v) is 11.2. The fourth-order valence-electron chi connectivity index (χ4n) is 1.41. The first kappa shape index (κ1) is 43.3. The van der Waals surface area contributed by atoms with E-state index in [0.29, 0.717) is 0 Å². The Hall–Kier alpha value is 0.384. The molecule has 166 valence electrons. The maximum absolute atomic E-state index is 8.66. The van der Waals surface area contributed by atoms with Crippen LogP contribution in [0.4, 0.5) is 0 Å². The second-order valence-electron chi connectivity index (χ2n) is 5.83. The van der Waals surface area contributed by atoms with E-state index in [1.165, 1.54) is 34.1 Å². The Morgan fingerprint density at radius 1 is 1.10 bits per heavy atom. The van der Waals surface area contributed by atoms with E-state index < -0.39 is 8.32 Å². The topological polar surface area (TPSA) is 20.2 Å². The molecule has 0 atom stereocenters. The molecule has 1 nitrogen and oxygen atoms in total. The van der Waals surface area contributed by atoms with Crippen LogP contribution in [0.25, 0.3) is 10.8 Å². The van der Waals surface area contributed by atoms with Gasteiger partial charge in [-0.1, -0.05) is 19.2 Å². The van der Waals surface area contributed by atoms with E-state index in [-0.39, 0.29) is 32.2 Å². The van der Waals surface area contributed by atoms with Gasteiger partial charge in [0.15, 0.2) is 8.32 Å². The zero-order valence-electron chi connectivity index (χ0n) is 19.0. The number of fused-ring (bicyclic) bond motifs is 1. The number of rotatable bonds is 0. The molecular formula is C22H38Cl2OSi3Zr-4. The van der Waals surface area contributed by atoms with Crippen molar-refractivity contribution in [1.29, 1.82) is 0 Å². The van der Waals surface area contributed by atoms with Gasteiger partial charge in [0.2, 0.25) is 0 Å². The van der Waals surface area contributed by atoms with Crippen molar-refractivity contribution in [3.8, 4) is 0 Å². The van der Waals surface area contributed by atoms with Gasteiger partial charge in [0.05, 0.1) is 0 Å². The standard InChI is InChI=1S/C9H7.C5H5.C3H10OSi.C2H6Si.C2H5.CH3.2ClH.Si.Zr/c1-2-5-9-7-3-6-8(9)4-1;1-2-4-5-3-1;1-5(2,3)4;1-3-2;1-2;;;;;/h1-7H;1-3H,4H2;4H,1-3H3;1-2H3;1H2,2H3;1H3;2*1H;;/q2*-1;;;2*-1;;;;. The Balaban J connectivity index is -0.0000000590. The first-order valence-corrected chi connectivity index (χ1v) is 18.1. The van der Waals surface area contributed by atoms with Gasteiger partial charge in [-0.2, -0.15) is 30.5 Å². The van der Waals surface area contributed by atoms with Crippen LogP contribution in [0.1, 0.15) is 13.3 Å². The summed E-state index contributed by atoms with van der Waals surface area (Å²) in [4.78, 5) is 8.66. The molecule has 7 heteroatoms. The molecule has 1 N–H and O–H groups in total. The van der Waals surface area contributed by atoms with Crippen LogP contribution in [0.5, 0.6) is 0 Å². The molecule has 2 aromatic carbocycles. The van der Waals surface area contributed by atoms with Crippen LogP contribution in [-0.2, 0) is 23.3 Å². The summed E-state index contributed by atoms with van der Waals surface area (Å²) in [5, 5.41) is 2.66. The first-order chi connectivity index (χ1) is 12.4. The summed E-state index contributed by atoms with van der Waals surface area (Å²) < 4.78 is 0. The normalized spacial score (nSPS) is 9.21. The SMILES string of the molecule is C[Si](C)(C)O.C[Si]C.Cl.Cl.[C-]1=CC=CC1.[CH2-]C.[CH3-].[Si]=[Zr].c1ccc2[cH-]ccc2c1. The van der Waals surface area contributed by atoms with Crippen molar-refractivity contribution in [2.24, 2.45) is 0 Å². The number of hydrogen-bond acceptors (Lipinski definition) is 1. The second kappa shape index (κ2) is 33.0. The molecule has 1 aliphatic carbocycles. The van der Waals surface area contributed by atoms with Gasteiger partial charge in [-0.25, -0.2) is 12.2 Å². The van der Waals surface area contributed by atoms with E-state index in [1.807, 2.05) is 31.8 Å². The van der Waals surface area contributed by atoms with Crippen molar-refractivity contribution >= 4 is 60.3 Å². The van der Waals surface area contributed by atoms with E-state index in [9.17, 15) is 0 Å². The van der Waals surface area contributed by atoms with Crippen LogP contribution in [-0.4, -0.2) is 29.5 Å². The van der Waals surface area contributed by atoms with Gasteiger partial charge < -0.3 is 19.1 Å². The molecule has 0 saturated heterocycles. The van der Waals surface area contributed by atoms with Crippen LogP contribution in [0.15, 0.2) is 60.7 Å². The Morgan fingerprint density at radius 2 is 1.55 bits per heavy atom. The van der Waals surface area contributed by atoms with Crippen molar-refractivity contribution in [3.63, 3.8) is 0 Å². The molecule has 0 spiro atoms. The number of halogens is 2. The number of allylic oxidation sites excluding steroid dienone is 4. The molecule has 4 radical (unpaired) electrons. The quantitative estimate of drug-likeness (QED) is 0.265. The molecule has 0 unspecified atom stereocenters. The molecular weight excluding hydrogens is 527 g/mol. The fourth-order valence-corrected chi connectivity index (χ4v) is 1.41. The Bertz CT molecular complexity index is 536. The molecule has 0 amide bonds. The smallest absolute Gasteiger partial charge is 0.0809 e. The Kier molecular flexibility index (Phi) is 49.3. The molecule has 0 aromatic heterocycles. The molecule has 29 heavy (non-hydrogen) atoms. The van der Waals surface area contributed by atoms with Crippen LogP contribution in [0.2, 0.25) is 32.7 Å². The average Bonchev–Trinajstić information content (AvgIpc) is 3.32. The van der Waals surface area contributed by atoms with Crippen LogP contribution in [0.3, 0.4) is 0 Å². The van der Waals surface area contributed by atoms with Gasteiger partial charge in [0.25, 0.3) is 0 Å². The molecule has 0 heterocycles. The van der Waals surface area contributed by atoms with E-state index in [0.717, 1.165) is 15.9 Å². The number of benzene rings is 1. The molecule has 1 aliphatic rings. The molecule has 2 aromatic rings. The molecule has 3 rings (SSSR count). The minimum Gasteiger partial charge on any atom is -0.168 e.